The molecule has 7 rings (SSSR count). The number of para-hydroxylation sites is 1. The molecular weight excluding hydrogens is 596 g/mol. The van der Waals surface area contributed by atoms with Crippen LogP contribution in [0.1, 0.15) is 61.6 Å². The maximum Gasteiger partial charge on any atom is 0.335 e. The molecule has 5 atom stereocenters. The number of nitrogens with one attached hydrogen (secondary N) is 1. The Hall–Kier alpha value is -3.46. The van der Waals surface area contributed by atoms with Crippen LogP contribution in [0.15, 0.2) is 95.0 Å². The van der Waals surface area contributed by atoms with Crippen LogP contribution in [0.25, 0.3) is 0 Å². The molecule has 0 unspecified atom stereocenters. The third-order valence-corrected chi connectivity index (χ3v) is 12.4. The number of fused-ring (bicyclic) bond motifs is 1. The van der Waals surface area contributed by atoms with Crippen molar-refractivity contribution in [3.8, 4) is 0 Å². The number of likely N-dealkylation sites (tertiary alicyclic amines) is 1. The number of carbonyl (C=O) groups excluding carboxylic acids is 1. The van der Waals surface area contributed by atoms with E-state index in [4.69, 9.17) is 8.92 Å². The first-order valence-electron chi connectivity index (χ1n) is 16.7. The normalized spacial score (nSPS) is 27.7. The zero-order valence-corrected chi connectivity index (χ0v) is 27.6. The molecule has 0 amide bonds. The Morgan fingerprint density at radius 1 is 0.935 bits per heavy atom. The Morgan fingerprint density at radius 3 is 2.46 bits per heavy atom. The van der Waals surface area contributed by atoms with E-state index in [2.05, 4.69) is 64.8 Å². The number of methoxy groups -OCH3 is 1. The predicted molar refractivity (Wildman–Crippen MR) is 179 cm³/mol. The molecule has 1 saturated carbocycles. The van der Waals surface area contributed by atoms with Crippen LogP contribution in [0.5, 0.6) is 0 Å². The standard InChI is InChI=1S/C38H44N2O5S/c1-26-17-19-29(20-18-26)46(42,43)45-25-28-13-6-7-14-30(28)31-23-32(37(41)44-2)35-38(33-15-8-9-16-34(33)39-35)21-10-22-40(36(31)38)24-27-11-4-3-5-12-27/h3-5,8-9,11-12,15-20,28,30-31,36,39H,6-7,10,13-14,21-25H2,1-2H3/t28-,30-,31+,36+,38+/m0/s1. The van der Waals surface area contributed by atoms with Crippen LogP contribution in [0, 0.1) is 24.7 Å². The molecule has 2 heterocycles. The molecule has 0 radical (unpaired) electrons. The van der Waals surface area contributed by atoms with Crippen molar-refractivity contribution in [1.82, 2.24) is 4.90 Å². The Balaban J connectivity index is 1.30. The summed E-state index contributed by atoms with van der Waals surface area (Å²) < 4.78 is 37.9. The third-order valence-electron chi connectivity index (χ3n) is 11.1. The van der Waals surface area contributed by atoms with Gasteiger partial charge in [-0.1, -0.05) is 79.1 Å². The summed E-state index contributed by atoms with van der Waals surface area (Å²) in [5, 5.41) is 3.73. The average Bonchev–Trinajstić information content (AvgIpc) is 3.41. The molecule has 3 aromatic carbocycles. The van der Waals surface area contributed by atoms with E-state index >= 15 is 0 Å². The van der Waals surface area contributed by atoms with Crippen molar-refractivity contribution in [2.75, 3.05) is 25.6 Å². The van der Waals surface area contributed by atoms with E-state index in [1.165, 1.54) is 18.2 Å². The van der Waals surface area contributed by atoms with E-state index in [9.17, 15) is 13.2 Å². The van der Waals surface area contributed by atoms with Crippen molar-refractivity contribution in [3.63, 3.8) is 0 Å². The van der Waals surface area contributed by atoms with Gasteiger partial charge in [-0.2, -0.15) is 8.42 Å². The zero-order chi connectivity index (χ0) is 31.9. The van der Waals surface area contributed by atoms with Gasteiger partial charge in [-0.25, -0.2) is 4.79 Å². The van der Waals surface area contributed by atoms with Gasteiger partial charge in [0.25, 0.3) is 10.1 Å². The summed E-state index contributed by atoms with van der Waals surface area (Å²) in [4.78, 5) is 16.5. The minimum Gasteiger partial charge on any atom is -0.466 e. The Labute approximate surface area is 273 Å². The largest absolute Gasteiger partial charge is 0.466 e. The monoisotopic (exact) mass is 640 g/mol. The molecule has 242 valence electrons. The third kappa shape index (κ3) is 5.48. The quantitative estimate of drug-likeness (QED) is 0.210. The van der Waals surface area contributed by atoms with Crippen molar-refractivity contribution in [3.05, 3.63) is 107 Å². The van der Waals surface area contributed by atoms with Crippen LogP contribution in [0.2, 0.25) is 0 Å². The Bertz CT molecular complexity index is 1720. The van der Waals surface area contributed by atoms with E-state index in [-0.39, 0.29) is 46.7 Å². The maximum absolute atomic E-state index is 13.6. The molecule has 1 spiro atoms. The summed E-state index contributed by atoms with van der Waals surface area (Å²) in [5.41, 5.74) is 5.95. The van der Waals surface area contributed by atoms with Gasteiger partial charge in [0.1, 0.15) is 0 Å². The molecule has 46 heavy (non-hydrogen) atoms. The van der Waals surface area contributed by atoms with Crippen LogP contribution < -0.4 is 5.32 Å². The fraction of sp³-hybridized carbons (Fsp3) is 0.447. The van der Waals surface area contributed by atoms with Gasteiger partial charge in [0.05, 0.1) is 29.6 Å². The molecule has 3 aromatic rings. The van der Waals surface area contributed by atoms with Crippen LogP contribution >= 0.6 is 0 Å². The highest BCUT2D eigenvalue weighted by atomic mass is 32.2. The maximum atomic E-state index is 13.6. The number of hydrogen-bond donors (Lipinski definition) is 1. The first kappa shape index (κ1) is 31.2. The smallest absolute Gasteiger partial charge is 0.335 e. The molecule has 4 aliphatic rings. The molecule has 0 aromatic heterocycles. The second-order valence-corrected chi connectivity index (χ2v) is 15.2. The molecule has 8 heteroatoms. The van der Waals surface area contributed by atoms with E-state index in [1.54, 1.807) is 24.3 Å². The Kier molecular flexibility index (Phi) is 8.55. The lowest BCUT2D eigenvalue weighted by Gasteiger charge is -2.57. The predicted octanol–water partition coefficient (Wildman–Crippen LogP) is 6.98. The topological polar surface area (TPSA) is 84.9 Å². The van der Waals surface area contributed by atoms with Crippen LogP contribution in [-0.4, -0.2) is 45.6 Å². The van der Waals surface area contributed by atoms with Crippen LogP contribution in [-0.2, 0) is 35.8 Å². The number of carbonyl (C=O) groups is 1. The van der Waals surface area contributed by atoms with Crippen molar-refractivity contribution < 1.29 is 22.1 Å². The van der Waals surface area contributed by atoms with Crippen molar-refractivity contribution in [1.29, 1.82) is 0 Å². The van der Waals surface area contributed by atoms with Crippen molar-refractivity contribution in [2.24, 2.45) is 17.8 Å². The number of rotatable bonds is 8. The number of benzene rings is 3. The molecule has 2 fully saturated rings. The molecule has 2 aliphatic heterocycles. The highest BCUT2D eigenvalue weighted by Gasteiger charge is 2.60. The number of aryl methyl sites for hydroxylation is 1. The lowest BCUT2D eigenvalue weighted by molar-refractivity contribution is -0.137. The first-order chi connectivity index (χ1) is 22.3. The van der Waals surface area contributed by atoms with Gasteiger partial charge in [0.15, 0.2) is 0 Å². The zero-order valence-electron chi connectivity index (χ0n) is 26.8. The van der Waals surface area contributed by atoms with Crippen molar-refractivity contribution in [2.45, 2.75) is 74.8 Å². The number of nitrogens with zero attached hydrogens (tertiary/aromatic N) is 1. The van der Waals surface area contributed by atoms with Gasteiger partial charge in [0.2, 0.25) is 0 Å². The summed E-state index contributed by atoms with van der Waals surface area (Å²) >= 11 is 0. The minimum absolute atomic E-state index is 0.0570. The van der Waals surface area contributed by atoms with Gasteiger partial charge in [-0.05, 0) is 92.7 Å². The number of anilines is 1. The second kappa shape index (κ2) is 12.6. The Morgan fingerprint density at radius 2 is 1.67 bits per heavy atom. The SMILES string of the molecule is COC(=O)C1=C2Nc3ccccc3[C@]23CCCN(Cc2ccccc2)[C@@H]3[C@@H]([C@H]2CCCC[C@H]2COS(=O)(=O)c2ccc(C)cc2)C1. The minimum atomic E-state index is -3.89. The van der Waals surface area contributed by atoms with E-state index in [0.717, 1.165) is 74.1 Å². The number of piperidine rings is 1. The van der Waals surface area contributed by atoms with Gasteiger partial charge >= 0.3 is 5.97 Å². The highest BCUT2D eigenvalue weighted by Crippen LogP contribution is 2.60. The second-order valence-electron chi connectivity index (χ2n) is 13.6. The molecule has 1 saturated heterocycles. The van der Waals surface area contributed by atoms with Gasteiger partial charge in [0, 0.05) is 24.0 Å². The van der Waals surface area contributed by atoms with Gasteiger partial charge in [-0.3, -0.25) is 9.08 Å². The first-order valence-corrected chi connectivity index (χ1v) is 18.1. The molecule has 0 bridgehead atoms. The van der Waals surface area contributed by atoms with E-state index in [1.807, 2.05) is 6.92 Å². The fourth-order valence-electron chi connectivity index (χ4n) is 9.17. The lowest BCUT2D eigenvalue weighted by Crippen LogP contribution is -2.62. The van der Waals surface area contributed by atoms with Gasteiger partial charge < -0.3 is 10.1 Å². The number of ether oxygens (including phenoxy) is 1. The molecule has 7 nitrogen and oxygen atoms in total. The number of hydrogen-bond acceptors (Lipinski definition) is 7. The molecular formula is C38H44N2O5S. The molecule has 1 N–H and O–H groups in total. The lowest BCUT2D eigenvalue weighted by atomic mass is 9.54. The van der Waals surface area contributed by atoms with Crippen LogP contribution in [0.4, 0.5) is 5.69 Å². The van der Waals surface area contributed by atoms with Crippen molar-refractivity contribution >= 4 is 21.8 Å². The van der Waals surface area contributed by atoms with Gasteiger partial charge in [-0.15, -0.1) is 0 Å². The summed E-state index contributed by atoms with van der Waals surface area (Å²) in [6, 6.07) is 26.2. The number of esters is 1. The van der Waals surface area contributed by atoms with E-state index < -0.39 is 10.1 Å². The summed E-state index contributed by atoms with van der Waals surface area (Å²) in [7, 11) is -2.42. The summed E-state index contributed by atoms with van der Waals surface area (Å²) in [5.74, 6) is 0.0884. The molecule has 2 aliphatic carbocycles. The van der Waals surface area contributed by atoms with Crippen LogP contribution in [0.3, 0.4) is 0 Å². The summed E-state index contributed by atoms with van der Waals surface area (Å²) in [6.45, 7) is 3.88. The average molecular weight is 641 g/mol. The summed E-state index contributed by atoms with van der Waals surface area (Å²) in [6.07, 6.45) is 6.55. The fourth-order valence-corrected chi connectivity index (χ4v) is 10.1. The highest BCUT2D eigenvalue weighted by molar-refractivity contribution is 7.86. The van der Waals surface area contributed by atoms with E-state index in [0.29, 0.717) is 6.42 Å².